The molecule has 0 aliphatic carbocycles. The normalized spacial score (nSPS) is 12.3. The van der Waals surface area contributed by atoms with Crippen molar-refractivity contribution in [2.45, 2.75) is 12.3 Å². The van der Waals surface area contributed by atoms with Gasteiger partial charge in [-0.2, -0.15) is 0 Å². The van der Waals surface area contributed by atoms with Crippen LogP contribution in [0.1, 0.15) is 17.9 Å². The van der Waals surface area contributed by atoms with E-state index >= 15 is 0 Å². The molecule has 2 rings (SSSR count). The maximum Gasteiger partial charge on any atom is 0.226 e. The van der Waals surface area contributed by atoms with Crippen molar-refractivity contribution in [1.82, 2.24) is 10.6 Å². The molecule has 1 atom stereocenters. The number of rotatable bonds is 8. The highest BCUT2D eigenvalue weighted by Crippen LogP contribution is 2.14. The van der Waals surface area contributed by atoms with E-state index in [1.165, 1.54) is 0 Å². The minimum absolute atomic E-state index is 0.0227. The van der Waals surface area contributed by atoms with E-state index in [0.717, 1.165) is 15.7 Å². The van der Waals surface area contributed by atoms with Crippen LogP contribution in [0.15, 0.2) is 64.1 Å². The third-order valence-electron chi connectivity index (χ3n) is 4.00. The average Bonchev–Trinajstić information content (AvgIpc) is 2.69. The Morgan fingerprint density at radius 2 is 1.81 bits per heavy atom. The number of hydrogen-bond donors (Lipinski definition) is 4. The quantitative estimate of drug-likeness (QED) is 0.381. The number of guanidine groups is 1. The van der Waals surface area contributed by atoms with Crippen LogP contribution < -0.4 is 16.0 Å². The van der Waals surface area contributed by atoms with Gasteiger partial charge in [0.2, 0.25) is 5.91 Å². The van der Waals surface area contributed by atoms with Crippen molar-refractivity contribution in [3.05, 3.63) is 64.6 Å². The molecule has 27 heavy (non-hydrogen) atoms. The number of aliphatic hydroxyl groups excluding tert-OH is 1. The molecule has 144 valence electrons. The second-order valence-corrected chi connectivity index (χ2v) is 6.89. The van der Waals surface area contributed by atoms with Crippen molar-refractivity contribution in [3.63, 3.8) is 0 Å². The summed E-state index contributed by atoms with van der Waals surface area (Å²) in [5, 5.41) is 18.8. The molecule has 0 aliphatic rings. The summed E-state index contributed by atoms with van der Waals surface area (Å²) in [7, 11) is 1.67. The van der Waals surface area contributed by atoms with Crippen LogP contribution in [0.5, 0.6) is 0 Å². The van der Waals surface area contributed by atoms with Gasteiger partial charge in [0.25, 0.3) is 0 Å². The number of aliphatic imine (C=N–C) groups is 1. The smallest absolute Gasteiger partial charge is 0.226 e. The maximum absolute atomic E-state index is 12.0. The molecule has 0 saturated heterocycles. The molecule has 0 bridgehead atoms. The zero-order valence-electron chi connectivity index (χ0n) is 15.3. The molecular weight excluding hydrogens is 408 g/mol. The van der Waals surface area contributed by atoms with Crippen LogP contribution in [0.4, 0.5) is 5.69 Å². The Hall–Kier alpha value is -2.38. The molecule has 0 aliphatic heterocycles. The molecule has 0 fully saturated rings. The minimum atomic E-state index is -0.0715. The summed E-state index contributed by atoms with van der Waals surface area (Å²) in [5.41, 5.74) is 1.83. The van der Waals surface area contributed by atoms with E-state index in [-0.39, 0.29) is 18.4 Å². The molecule has 1 amide bonds. The van der Waals surface area contributed by atoms with Crippen molar-refractivity contribution < 1.29 is 9.90 Å². The zero-order valence-corrected chi connectivity index (χ0v) is 16.9. The number of halogens is 1. The Morgan fingerprint density at radius 1 is 1.11 bits per heavy atom. The molecule has 0 aromatic heterocycles. The Kier molecular flexibility index (Phi) is 8.80. The molecule has 2 aromatic rings. The number of nitrogens with one attached hydrogen (secondary N) is 3. The van der Waals surface area contributed by atoms with E-state index in [1.54, 1.807) is 7.05 Å². The molecule has 4 N–H and O–H groups in total. The van der Waals surface area contributed by atoms with Gasteiger partial charge in [-0.05, 0) is 29.8 Å². The molecule has 0 saturated carbocycles. The van der Waals surface area contributed by atoms with Crippen molar-refractivity contribution in [2.24, 2.45) is 4.99 Å². The highest BCUT2D eigenvalue weighted by molar-refractivity contribution is 9.10. The lowest BCUT2D eigenvalue weighted by Gasteiger charge is -2.18. The van der Waals surface area contributed by atoms with Gasteiger partial charge in [-0.1, -0.05) is 46.3 Å². The summed E-state index contributed by atoms with van der Waals surface area (Å²) < 4.78 is 0.966. The molecule has 0 spiro atoms. The highest BCUT2D eigenvalue weighted by Gasteiger charge is 2.11. The molecular formula is C20H25BrN4O2. The van der Waals surface area contributed by atoms with Gasteiger partial charge in [-0.15, -0.1) is 0 Å². The van der Waals surface area contributed by atoms with Gasteiger partial charge >= 0.3 is 0 Å². The Morgan fingerprint density at radius 3 is 2.44 bits per heavy atom. The summed E-state index contributed by atoms with van der Waals surface area (Å²) >= 11 is 3.36. The summed E-state index contributed by atoms with van der Waals surface area (Å²) in [6, 6.07) is 17.3. The summed E-state index contributed by atoms with van der Waals surface area (Å²) in [6.45, 7) is 1.05. The first-order chi connectivity index (χ1) is 13.1. The van der Waals surface area contributed by atoms with Gasteiger partial charge in [0.15, 0.2) is 5.96 Å². The van der Waals surface area contributed by atoms with Gasteiger partial charge < -0.3 is 21.1 Å². The second kappa shape index (κ2) is 11.4. The van der Waals surface area contributed by atoms with E-state index in [1.807, 2.05) is 54.6 Å². The third-order valence-corrected chi connectivity index (χ3v) is 4.53. The second-order valence-electron chi connectivity index (χ2n) is 5.98. The van der Waals surface area contributed by atoms with Gasteiger partial charge in [0.1, 0.15) is 0 Å². The van der Waals surface area contributed by atoms with E-state index in [4.69, 9.17) is 0 Å². The topological polar surface area (TPSA) is 85.8 Å². The predicted molar refractivity (Wildman–Crippen MR) is 113 cm³/mol. The lowest BCUT2D eigenvalue weighted by atomic mass is 10.0. The van der Waals surface area contributed by atoms with Crippen LogP contribution in [0, 0.1) is 0 Å². The van der Waals surface area contributed by atoms with Gasteiger partial charge in [0, 0.05) is 42.6 Å². The summed E-state index contributed by atoms with van der Waals surface area (Å²) in [5.74, 6) is 0.504. The molecule has 6 nitrogen and oxygen atoms in total. The van der Waals surface area contributed by atoms with E-state index in [2.05, 4.69) is 36.9 Å². The van der Waals surface area contributed by atoms with Gasteiger partial charge in [-0.3, -0.25) is 9.79 Å². The third kappa shape index (κ3) is 7.40. The van der Waals surface area contributed by atoms with Crippen LogP contribution in [0.25, 0.3) is 0 Å². The number of anilines is 1. The highest BCUT2D eigenvalue weighted by atomic mass is 79.9. The largest absolute Gasteiger partial charge is 0.396 e. The zero-order chi connectivity index (χ0) is 19.5. The van der Waals surface area contributed by atoms with E-state index in [0.29, 0.717) is 25.5 Å². The fourth-order valence-corrected chi connectivity index (χ4v) is 2.77. The molecule has 7 heteroatoms. The number of nitrogens with zero attached hydrogens (tertiary/aromatic N) is 1. The number of carbonyl (C=O) groups is 1. The van der Waals surface area contributed by atoms with Crippen molar-refractivity contribution in [3.8, 4) is 0 Å². The first-order valence-electron chi connectivity index (χ1n) is 8.78. The number of carbonyl (C=O) groups excluding carboxylic acids is 1. The van der Waals surface area contributed by atoms with Crippen LogP contribution in [-0.2, 0) is 4.79 Å². The first-order valence-corrected chi connectivity index (χ1v) is 9.57. The molecule has 0 heterocycles. The van der Waals surface area contributed by atoms with E-state index < -0.39 is 0 Å². The Labute approximate surface area is 168 Å². The average molecular weight is 433 g/mol. The lowest BCUT2D eigenvalue weighted by Crippen LogP contribution is -2.41. The number of hydrogen-bond acceptors (Lipinski definition) is 3. The Balaban J connectivity index is 1.73. The summed E-state index contributed by atoms with van der Waals surface area (Å²) in [6.07, 6.45) is 0.318. The number of aliphatic hydroxyl groups is 1. The predicted octanol–water partition coefficient (Wildman–Crippen LogP) is 2.72. The van der Waals surface area contributed by atoms with Gasteiger partial charge in [-0.25, -0.2) is 0 Å². The number of benzene rings is 2. The summed E-state index contributed by atoms with van der Waals surface area (Å²) in [4.78, 5) is 16.2. The molecule has 2 aromatic carbocycles. The number of amides is 1. The van der Waals surface area contributed by atoms with Crippen LogP contribution in [0.2, 0.25) is 0 Å². The van der Waals surface area contributed by atoms with Crippen molar-refractivity contribution in [2.75, 3.05) is 32.1 Å². The minimum Gasteiger partial charge on any atom is -0.396 e. The lowest BCUT2D eigenvalue weighted by molar-refractivity contribution is -0.116. The van der Waals surface area contributed by atoms with Crippen molar-refractivity contribution in [1.29, 1.82) is 0 Å². The van der Waals surface area contributed by atoms with Crippen LogP contribution >= 0.6 is 15.9 Å². The fourth-order valence-electron chi connectivity index (χ4n) is 2.50. The Bertz CT molecular complexity index is 735. The van der Waals surface area contributed by atoms with Gasteiger partial charge in [0.05, 0.1) is 6.61 Å². The van der Waals surface area contributed by atoms with Crippen molar-refractivity contribution >= 4 is 33.5 Å². The SMILES string of the molecule is CN=C(NCCC(=O)Nc1ccc(Br)cc1)NCC(CO)c1ccccc1. The standard InChI is InChI=1S/C20H25BrN4O2/c1-22-20(24-13-16(14-26)15-5-3-2-4-6-15)23-12-11-19(27)25-18-9-7-17(21)8-10-18/h2-10,16,26H,11-14H2,1H3,(H,25,27)(H2,22,23,24). The maximum atomic E-state index is 12.0. The molecule has 1 unspecified atom stereocenters. The van der Waals surface area contributed by atoms with E-state index in [9.17, 15) is 9.90 Å². The first kappa shape index (κ1) is 20.9. The monoisotopic (exact) mass is 432 g/mol. The fraction of sp³-hybridized carbons (Fsp3) is 0.300. The van der Waals surface area contributed by atoms with Crippen LogP contribution in [0.3, 0.4) is 0 Å². The molecule has 0 radical (unpaired) electrons. The van der Waals surface area contributed by atoms with Crippen LogP contribution in [-0.4, -0.2) is 43.7 Å².